The van der Waals surface area contributed by atoms with E-state index < -0.39 is 0 Å². The van der Waals surface area contributed by atoms with Crippen molar-refractivity contribution in [2.75, 3.05) is 13.7 Å². The number of hydrogen-bond acceptors (Lipinski definition) is 4. The van der Waals surface area contributed by atoms with Crippen LogP contribution in [-0.2, 0) is 13.1 Å². The number of nitrogens with zero attached hydrogens (tertiary/aromatic N) is 2. The van der Waals surface area contributed by atoms with Gasteiger partial charge >= 0.3 is 0 Å². The van der Waals surface area contributed by atoms with E-state index in [1.165, 1.54) is 5.56 Å². The maximum Gasteiger partial charge on any atom is 0.150 e. The fourth-order valence-corrected chi connectivity index (χ4v) is 2.26. The molecule has 0 atom stereocenters. The minimum Gasteiger partial charge on any atom is -0.496 e. The van der Waals surface area contributed by atoms with Crippen LogP contribution in [0.4, 0.5) is 0 Å². The molecule has 110 valence electrons. The van der Waals surface area contributed by atoms with E-state index in [4.69, 9.17) is 4.74 Å². The van der Waals surface area contributed by atoms with Gasteiger partial charge in [-0.3, -0.25) is 14.7 Å². The van der Waals surface area contributed by atoms with E-state index in [0.29, 0.717) is 5.56 Å². The number of aromatic nitrogens is 1. The second-order valence-electron chi connectivity index (χ2n) is 4.85. The molecule has 0 amide bonds. The molecule has 0 aliphatic rings. The van der Waals surface area contributed by atoms with Gasteiger partial charge in [0.2, 0.25) is 0 Å². The average Bonchev–Trinajstić information content (AvgIpc) is 2.55. The summed E-state index contributed by atoms with van der Waals surface area (Å²) < 4.78 is 5.39. The Bertz CT molecular complexity index is 585. The molecular formula is C17H20N2O2. The number of methoxy groups -OCH3 is 1. The first-order chi connectivity index (χ1) is 10.3. The van der Waals surface area contributed by atoms with Gasteiger partial charge in [0.05, 0.1) is 7.11 Å². The number of rotatable bonds is 7. The van der Waals surface area contributed by atoms with Gasteiger partial charge in [-0.25, -0.2) is 0 Å². The van der Waals surface area contributed by atoms with Crippen molar-refractivity contribution in [3.63, 3.8) is 0 Å². The summed E-state index contributed by atoms with van der Waals surface area (Å²) >= 11 is 0. The zero-order valence-electron chi connectivity index (χ0n) is 12.5. The van der Waals surface area contributed by atoms with Crippen LogP contribution in [0.25, 0.3) is 0 Å². The predicted octanol–water partition coefficient (Wildman–Crippen LogP) is 2.92. The normalized spacial score (nSPS) is 10.6. The first-order valence-corrected chi connectivity index (χ1v) is 7.00. The summed E-state index contributed by atoms with van der Waals surface area (Å²) in [6.45, 7) is 4.62. The highest BCUT2D eigenvalue weighted by Crippen LogP contribution is 2.21. The maximum absolute atomic E-state index is 10.9. The number of benzene rings is 1. The van der Waals surface area contributed by atoms with E-state index in [9.17, 15) is 4.79 Å². The summed E-state index contributed by atoms with van der Waals surface area (Å²) in [4.78, 5) is 17.3. The van der Waals surface area contributed by atoms with Crippen molar-refractivity contribution >= 4 is 6.29 Å². The van der Waals surface area contributed by atoms with Crippen LogP contribution in [0.1, 0.15) is 28.4 Å². The molecule has 0 bridgehead atoms. The SMILES string of the molecule is CCN(Cc1ccncc1)Cc1cc(C=O)ccc1OC. The molecule has 1 heterocycles. The van der Waals surface area contributed by atoms with Crippen LogP contribution in [0.3, 0.4) is 0 Å². The molecule has 0 spiro atoms. The maximum atomic E-state index is 10.9. The number of hydrogen-bond donors (Lipinski definition) is 0. The van der Waals surface area contributed by atoms with Crippen LogP contribution in [0, 0.1) is 0 Å². The highest BCUT2D eigenvalue weighted by Gasteiger charge is 2.10. The predicted molar refractivity (Wildman–Crippen MR) is 82.4 cm³/mol. The minimum atomic E-state index is 0.672. The Hall–Kier alpha value is -2.20. The van der Waals surface area contributed by atoms with Crippen molar-refractivity contribution in [2.45, 2.75) is 20.0 Å². The van der Waals surface area contributed by atoms with Crippen LogP contribution in [-0.4, -0.2) is 29.8 Å². The number of carbonyl (C=O) groups is 1. The molecule has 2 rings (SSSR count). The number of ether oxygens (including phenoxy) is 1. The number of pyridine rings is 1. The third kappa shape index (κ3) is 4.13. The Balaban J connectivity index is 2.16. The molecule has 0 fully saturated rings. The van der Waals surface area contributed by atoms with Gasteiger partial charge in [-0.15, -0.1) is 0 Å². The van der Waals surface area contributed by atoms with Crippen LogP contribution in [0.5, 0.6) is 5.75 Å². The molecule has 2 aromatic rings. The molecule has 0 saturated carbocycles. The number of carbonyl (C=O) groups excluding carboxylic acids is 1. The summed E-state index contributed by atoms with van der Waals surface area (Å²) in [7, 11) is 1.65. The van der Waals surface area contributed by atoms with Crippen molar-refractivity contribution in [1.29, 1.82) is 0 Å². The number of aldehydes is 1. The van der Waals surface area contributed by atoms with Crippen LogP contribution in [0.2, 0.25) is 0 Å². The lowest BCUT2D eigenvalue weighted by Gasteiger charge is -2.22. The quantitative estimate of drug-likeness (QED) is 0.733. The van der Waals surface area contributed by atoms with Crippen molar-refractivity contribution in [3.8, 4) is 5.75 Å². The summed E-state index contributed by atoms with van der Waals surface area (Å²) in [5.74, 6) is 0.814. The Labute approximate surface area is 125 Å². The zero-order valence-corrected chi connectivity index (χ0v) is 12.5. The summed E-state index contributed by atoms with van der Waals surface area (Å²) in [5, 5.41) is 0. The summed E-state index contributed by atoms with van der Waals surface area (Å²) in [6, 6.07) is 9.54. The van der Waals surface area contributed by atoms with Gasteiger partial charge in [-0.2, -0.15) is 0 Å². The van der Waals surface area contributed by atoms with E-state index in [1.54, 1.807) is 25.6 Å². The highest BCUT2D eigenvalue weighted by molar-refractivity contribution is 5.75. The fraction of sp³-hybridized carbons (Fsp3) is 0.294. The standard InChI is InChI=1S/C17H20N2O2/c1-3-19(11-14-6-8-18-9-7-14)12-16-10-15(13-20)4-5-17(16)21-2/h4-10,13H,3,11-12H2,1-2H3. The van der Waals surface area contributed by atoms with Gasteiger partial charge in [-0.05, 0) is 42.4 Å². The van der Waals surface area contributed by atoms with Gasteiger partial charge in [0.1, 0.15) is 12.0 Å². The smallest absolute Gasteiger partial charge is 0.150 e. The fourth-order valence-electron chi connectivity index (χ4n) is 2.26. The summed E-state index contributed by atoms with van der Waals surface area (Å²) in [5.41, 5.74) is 2.92. The minimum absolute atomic E-state index is 0.672. The van der Waals surface area contributed by atoms with Gasteiger partial charge < -0.3 is 4.74 Å². The van der Waals surface area contributed by atoms with Crippen molar-refractivity contribution in [2.24, 2.45) is 0 Å². The Kier molecular flexibility index (Phi) is 5.46. The lowest BCUT2D eigenvalue weighted by molar-refractivity contribution is 0.112. The molecule has 1 aromatic heterocycles. The Morgan fingerprint density at radius 2 is 1.95 bits per heavy atom. The molecule has 0 aliphatic carbocycles. The van der Waals surface area contributed by atoms with Crippen molar-refractivity contribution in [3.05, 3.63) is 59.4 Å². The molecule has 4 heteroatoms. The lowest BCUT2D eigenvalue weighted by Crippen LogP contribution is -2.22. The molecular weight excluding hydrogens is 264 g/mol. The van der Waals surface area contributed by atoms with Gasteiger partial charge in [0, 0.05) is 36.6 Å². The molecule has 0 unspecified atom stereocenters. The molecule has 0 aliphatic heterocycles. The molecule has 4 nitrogen and oxygen atoms in total. The van der Waals surface area contributed by atoms with Gasteiger partial charge in [0.25, 0.3) is 0 Å². The van der Waals surface area contributed by atoms with E-state index in [-0.39, 0.29) is 0 Å². The van der Waals surface area contributed by atoms with Crippen LogP contribution in [0.15, 0.2) is 42.7 Å². The van der Waals surface area contributed by atoms with Gasteiger partial charge in [0.15, 0.2) is 0 Å². The highest BCUT2D eigenvalue weighted by atomic mass is 16.5. The zero-order chi connectivity index (χ0) is 15.1. The molecule has 21 heavy (non-hydrogen) atoms. The Morgan fingerprint density at radius 3 is 2.57 bits per heavy atom. The third-order valence-electron chi connectivity index (χ3n) is 3.44. The topological polar surface area (TPSA) is 42.4 Å². The second-order valence-corrected chi connectivity index (χ2v) is 4.85. The first-order valence-electron chi connectivity index (χ1n) is 7.00. The third-order valence-corrected chi connectivity index (χ3v) is 3.44. The van der Waals surface area contributed by atoms with E-state index in [1.807, 2.05) is 24.3 Å². The molecule has 0 saturated heterocycles. The summed E-state index contributed by atoms with van der Waals surface area (Å²) in [6.07, 6.45) is 4.47. The van der Waals surface area contributed by atoms with Crippen molar-refractivity contribution in [1.82, 2.24) is 9.88 Å². The van der Waals surface area contributed by atoms with E-state index in [0.717, 1.165) is 37.2 Å². The monoisotopic (exact) mass is 284 g/mol. The first kappa shape index (κ1) is 15.2. The Morgan fingerprint density at radius 1 is 1.19 bits per heavy atom. The molecule has 0 N–H and O–H groups in total. The lowest BCUT2D eigenvalue weighted by atomic mass is 10.1. The largest absolute Gasteiger partial charge is 0.496 e. The molecule has 1 aromatic carbocycles. The van der Waals surface area contributed by atoms with Crippen LogP contribution >= 0.6 is 0 Å². The average molecular weight is 284 g/mol. The van der Waals surface area contributed by atoms with Gasteiger partial charge in [-0.1, -0.05) is 6.92 Å². The van der Waals surface area contributed by atoms with Crippen LogP contribution < -0.4 is 4.74 Å². The van der Waals surface area contributed by atoms with E-state index >= 15 is 0 Å². The van der Waals surface area contributed by atoms with Crippen molar-refractivity contribution < 1.29 is 9.53 Å². The van der Waals surface area contributed by atoms with E-state index in [2.05, 4.69) is 16.8 Å². The second kappa shape index (κ2) is 7.55. The molecule has 0 radical (unpaired) electrons.